The number of hydrogen-bond acceptors (Lipinski definition) is 3. The summed E-state index contributed by atoms with van der Waals surface area (Å²) in [6.07, 6.45) is 0. The molecule has 5 heteroatoms. The number of nitrogens with one attached hydrogen (secondary N) is 2. The smallest absolute Gasteiger partial charge is 0.191 e. The van der Waals surface area contributed by atoms with Crippen LogP contribution in [0.5, 0.6) is 5.75 Å². The van der Waals surface area contributed by atoms with Crippen molar-refractivity contribution in [2.75, 3.05) is 0 Å². The number of carbonyl (C=O) groups is 1. The predicted octanol–water partition coefficient (Wildman–Crippen LogP) is 1.52. The Bertz CT molecular complexity index is 546. The number of carbonyl (C=O) groups excluding carboxylic acids is 1. The van der Waals surface area contributed by atoms with E-state index in [4.69, 9.17) is 17.0 Å². The number of fused-ring (bicyclic) bond motifs is 4. The Balaban J connectivity index is 2.17. The van der Waals surface area contributed by atoms with Crippen LogP contribution in [0.4, 0.5) is 0 Å². The molecule has 18 heavy (non-hydrogen) atoms. The molecule has 2 unspecified atom stereocenters. The largest absolute Gasteiger partial charge is 0.467 e. The van der Waals surface area contributed by atoms with Crippen LogP contribution in [0.3, 0.4) is 0 Å². The molecule has 1 aromatic rings. The van der Waals surface area contributed by atoms with E-state index in [0.717, 1.165) is 11.3 Å². The van der Waals surface area contributed by atoms with Gasteiger partial charge in [-0.05, 0) is 32.1 Å². The Morgan fingerprint density at radius 2 is 2.17 bits per heavy atom. The van der Waals surface area contributed by atoms with Gasteiger partial charge in [0.05, 0.1) is 6.04 Å². The first-order valence-corrected chi connectivity index (χ1v) is 6.29. The number of benzene rings is 1. The van der Waals surface area contributed by atoms with Crippen LogP contribution in [-0.2, 0) is 4.79 Å². The molecule has 4 nitrogen and oxygen atoms in total. The van der Waals surface area contributed by atoms with E-state index in [1.807, 2.05) is 31.2 Å². The number of ether oxygens (including phenoxy) is 1. The molecule has 1 saturated heterocycles. The van der Waals surface area contributed by atoms with Gasteiger partial charge < -0.3 is 15.4 Å². The average molecular weight is 262 g/mol. The van der Waals surface area contributed by atoms with Crippen molar-refractivity contribution in [1.29, 1.82) is 0 Å². The molecule has 0 spiro atoms. The van der Waals surface area contributed by atoms with Gasteiger partial charge in [0.1, 0.15) is 17.5 Å². The SMILES string of the molecule is CC(=O)C1C2NC(=S)N[C@@]1(C)Oc1ccccc12. The van der Waals surface area contributed by atoms with Crippen LogP contribution in [0.1, 0.15) is 25.5 Å². The maximum atomic E-state index is 11.9. The quantitative estimate of drug-likeness (QED) is 0.752. The number of ketones is 1. The van der Waals surface area contributed by atoms with Gasteiger partial charge in [0, 0.05) is 5.56 Å². The van der Waals surface area contributed by atoms with Crippen LogP contribution >= 0.6 is 12.2 Å². The number of para-hydroxylation sites is 1. The second-order valence-corrected chi connectivity index (χ2v) is 5.32. The fraction of sp³-hybridized carbons (Fsp3) is 0.385. The normalized spacial score (nSPS) is 32.7. The summed E-state index contributed by atoms with van der Waals surface area (Å²) >= 11 is 5.19. The van der Waals surface area contributed by atoms with Crippen molar-refractivity contribution >= 4 is 23.1 Å². The standard InChI is InChI=1S/C13H14N2O2S/c1-7(16)10-11-8-5-3-4-6-9(8)17-13(10,2)15-12(18)14-11/h3-6,10-11H,1-2H3,(H2,14,15,18)/t10?,11?,13-/m0/s1. The Kier molecular flexibility index (Phi) is 2.35. The van der Waals surface area contributed by atoms with Gasteiger partial charge in [-0.2, -0.15) is 0 Å². The number of hydrogen-bond donors (Lipinski definition) is 2. The molecule has 2 aliphatic rings. The second-order valence-electron chi connectivity index (χ2n) is 4.91. The van der Waals surface area contributed by atoms with Crippen LogP contribution in [0, 0.1) is 5.92 Å². The van der Waals surface area contributed by atoms with E-state index in [2.05, 4.69) is 10.6 Å². The first-order chi connectivity index (χ1) is 8.51. The maximum absolute atomic E-state index is 11.9. The molecule has 0 aliphatic carbocycles. The molecule has 0 radical (unpaired) electrons. The molecule has 2 heterocycles. The van der Waals surface area contributed by atoms with E-state index >= 15 is 0 Å². The summed E-state index contributed by atoms with van der Waals surface area (Å²) in [6, 6.07) is 7.62. The lowest BCUT2D eigenvalue weighted by Gasteiger charge is -2.50. The third-order valence-corrected chi connectivity index (χ3v) is 3.81. The summed E-state index contributed by atoms with van der Waals surface area (Å²) in [5.74, 6) is 0.587. The monoisotopic (exact) mass is 262 g/mol. The Labute approximate surface area is 111 Å². The number of thiocarbonyl (C=S) groups is 1. The number of rotatable bonds is 1. The molecule has 1 aromatic carbocycles. The van der Waals surface area contributed by atoms with E-state index < -0.39 is 5.72 Å². The zero-order valence-corrected chi connectivity index (χ0v) is 11.0. The average Bonchev–Trinajstić information content (AvgIpc) is 2.26. The van der Waals surface area contributed by atoms with Crippen molar-refractivity contribution in [2.45, 2.75) is 25.6 Å². The van der Waals surface area contributed by atoms with Crippen LogP contribution < -0.4 is 15.4 Å². The fourth-order valence-electron chi connectivity index (χ4n) is 2.91. The van der Waals surface area contributed by atoms with E-state index in [0.29, 0.717) is 5.11 Å². The first-order valence-electron chi connectivity index (χ1n) is 5.88. The first kappa shape index (κ1) is 11.5. The summed E-state index contributed by atoms with van der Waals surface area (Å²) in [7, 11) is 0. The lowest BCUT2D eigenvalue weighted by Crippen LogP contribution is -2.69. The summed E-state index contributed by atoms with van der Waals surface area (Å²) in [6.45, 7) is 3.46. The maximum Gasteiger partial charge on any atom is 0.191 e. The minimum Gasteiger partial charge on any atom is -0.467 e. The second kappa shape index (κ2) is 3.68. The van der Waals surface area contributed by atoms with Crippen molar-refractivity contribution in [3.8, 4) is 5.75 Å². The zero-order valence-electron chi connectivity index (χ0n) is 10.2. The van der Waals surface area contributed by atoms with Crippen molar-refractivity contribution in [3.05, 3.63) is 29.8 Å². The molecule has 2 aliphatic heterocycles. The van der Waals surface area contributed by atoms with Crippen molar-refractivity contribution in [3.63, 3.8) is 0 Å². The molecular formula is C13H14N2O2S. The third kappa shape index (κ3) is 1.50. The van der Waals surface area contributed by atoms with Gasteiger partial charge >= 0.3 is 0 Å². The lowest BCUT2D eigenvalue weighted by atomic mass is 9.78. The predicted molar refractivity (Wildman–Crippen MR) is 71.3 cm³/mol. The molecule has 3 rings (SSSR count). The highest BCUT2D eigenvalue weighted by atomic mass is 32.1. The van der Waals surface area contributed by atoms with Gasteiger partial charge in [-0.3, -0.25) is 4.79 Å². The molecule has 3 atom stereocenters. The van der Waals surface area contributed by atoms with Gasteiger partial charge in [-0.25, -0.2) is 0 Å². The highest BCUT2D eigenvalue weighted by molar-refractivity contribution is 7.80. The minimum absolute atomic E-state index is 0.0829. The van der Waals surface area contributed by atoms with Gasteiger partial charge in [-0.1, -0.05) is 18.2 Å². The van der Waals surface area contributed by atoms with Gasteiger partial charge in [0.2, 0.25) is 0 Å². The fourth-order valence-corrected chi connectivity index (χ4v) is 3.24. The zero-order chi connectivity index (χ0) is 12.9. The Hall–Kier alpha value is -1.62. The van der Waals surface area contributed by atoms with Crippen molar-refractivity contribution in [2.24, 2.45) is 5.92 Å². The summed E-state index contributed by atoms with van der Waals surface area (Å²) in [5, 5.41) is 6.78. The van der Waals surface area contributed by atoms with Gasteiger partial charge in [0.15, 0.2) is 10.8 Å². The molecule has 0 saturated carbocycles. The van der Waals surface area contributed by atoms with Gasteiger partial charge in [-0.15, -0.1) is 0 Å². The third-order valence-electron chi connectivity index (χ3n) is 3.59. The van der Waals surface area contributed by atoms with E-state index in [1.165, 1.54) is 0 Å². The summed E-state index contributed by atoms with van der Waals surface area (Å²) in [5.41, 5.74) is 0.215. The summed E-state index contributed by atoms with van der Waals surface area (Å²) in [4.78, 5) is 11.9. The van der Waals surface area contributed by atoms with Crippen molar-refractivity contribution in [1.82, 2.24) is 10.6 Å². The van der Waals surface area contributed by atoms with Crippen LogP contribution in [0.15, 0.2) is 24.3 Å². The topological polar surface area (TPSA) is 50.4 Å². The Morgan fingerprint density at radius 1 is 1.44 bits per heavy atom. The van der Waals surface area contributed by atoms with Crippen LogP contribution in [-0.4, -0.2) is 16.6 Å². The molecule has 2 N–H and O–H groups in total. The number of Topliss-reactive ketones (excluding diaryl/α,β-unsaturated/α-hetero) is 1. The molecule has 94 valence electrons. The Morgan fingerprint density at radius 3 is 2.89 bits per heavy atom. The minimum atomic E-state index is -0.771. The summed E-state index contributed by atoms with van der Waals surface area (Å²) < 4.78 is 5.98. The molecule has 0 aromatic heterocycles. The van der Waals surface area contributed by atoms with E-state index in [9.17, 15) is 4.79 Å². The van der Waals surface area contributed by atoms with Crippen LogP contribution in [0.2, 0.25) is 0 Å². The highest BCUT2D eigenvalue weighted by Crippen LogP contribution is 2.44. The highest BCUT2D eigenvalue weighted by Gasteiger charge is 2.53. The lowest BCUT2D eigenvalue weighted by molar-refractivity contribution is -0.133. The molecular weight excluding hydrogens is 248 g/mol. The van der Waals surface area contributed by atoms with E-state index in [1.54, 1.807) is 6.92 Å². The van der Waals surface area contributed by atoms with Crippen LogP contribution in [0.25, 0.3) is 0 Å². The van der Waals surface area contributed by atoms with Crippen molar-refractivity contribution < 1.29 is 9.53 Å². The molecule has 2 bridgehead atoms. The van der Waals surface area contributed by atoms with Gasteiger partial charge in [0.25, 0.3) is 0 Å². The van der Waals surface area contributed by atoms with E-state index in [-0.39, 0.29) is 17.7 Å². The molecule has 0 amide bonds. The molecule has 1 fully saturated rings.